The molecule has 3 aliphatic rings. The van der Waals surface area contributed by atoms with Gasteiger partial charge in [-0.2, -0.15) is 0 Å². The van der Waals surface area contributed by atoms with Crippen molar-refractivity contribution in [3.05, 3.63) is 52.6 Å². The van der Waals surface area contributed by atoms with Crippen molar-refractivity contribution >= 4 is 17.4 Å². The SMILES string of the molecule is Cc1ccc2c(c1)C1(C=C(N)OC3=C1C(=O)CC(C)(C)C3)C(=O)N2. The van der Waals surface area contributed by atoms with Crippen LogP contribution in [-0.4, -0.2) is 11.7 Å². The summed E-state index contributed by atoms with van der Waals surface area (Å²) in [5.74, 6) is 0.411. The molecule has 0 saturated heterocycles. The van der Waals surface area contributed by atoms with E-state index in [-0.39, 0.29) is 23.0 Å². The number of amides is 1. The molecule has 0 bridgehead atoms. The molecule has 4 rings (SSSR count). The van der Waals surface area contributed by atoms with Crippen LogP contribution in [0.5, 0.6) is 0 Å². The zero-order chi connectivity index (χ0) is 17.3. The summed E-state index contributed by atoms with van der Waals surface area (Å²) >= 11 is 0. The maximum atomic E-state index is 13.0. The third-order valence-electron chi connectivity index (χ3n) is 5.04. The Hall–Kier alpha value is -2.56. The number of allylic oxidation sites excluding steroid dienone is 1. The molecule has 1 aromatic carbocycles. The van der Waals surface area contributed by atoms with Gasteiger partial charge < -0.3 is 15.8 Å². The number of carbonyl (C=O) groups is 2. The fourth-order valence-corrected chi connectivity index (χ4v) is 4.08. The zero-order valence-corrected chi connectivity index (χ0v) is 14.0. The molecule has 1 atom stereocenters. The van der Waals surface area contributed by atoms with Gasteiger partial charge in [0.05, 0.1) is 5.57 Å². The lowest BCUT2D eigenvalue weighted by atomic mass is 9.65. The monoisotopic (exact) mass is 324 g/mol. The second kappa shape index (κ2) is 4.50. The Morgan fingerprint density at radius 1 is 1.21 bits per heavy atom. The van der Waals surface area contributed by atoms with Crippen LogP contribution in [0.3, 0.4) is 0 Å². The number of fused-ring (bicyclic) bond motifs is 3. The largest absolute Gasteiger partial charge is 0.446 e. The van der Waals surface area contributed by atoms with Crippen molar-refractivity contribution < 1.29 is 14.3 Å². The van der Waals surface area contributed by atoms with Crippen molar-refractivity contribution in [2.45, 2.75) is 39.0 Å². The van der Waals surface area contributed by atoms with E-state index in [0.29, 0.717) is 24.2 Å². The summed E-state index contributed by atoms with van der Waals surface area (Å²) < 4.78 is 5.69. The Morgan fingerprint density at radius 2 is 1.96 bits per heavy atom. The molecule has 0 saturated carbocycles. The predicted octanol–water partition coefficient (Wildman–Crippen LogP) is 2.66. The maximum absolute atomic E-state index is 13.0. The summed E-state index contributed by atoms with van der Waals surface area (Å²) in [6.07, 6.45) is 2.56. The van der Waals surface area contributed by atoms with Gasteiger partial charge in [0.15, 0.2) is 11.7 Å². The van der Waals surface area contributed by atoms with Gasteiger partial charge in [-0.1, -0.05) is 31.5 Å². The Bertz CT molecular complexity index is 863. The van der Waals surface area contributed by atoms with E-state index in [9.17, 15) is 9.59 Å². The summed E-state index contributed by atoms with van der Waals surface area (Å²) in [7, 11) is 0. The highest BCUT2D eigenvalue weighted by Crippen LogP contribution is 2.52. The Kier molecular flexibility index (Phi) is 2.81. The van der Waals surface area contributed by atoms with Crippen molar-refractivity contribution in [2.24, 2.45) is 11.1 Å². The van der Waals surface area contributed by atoms with Crippen LogP contribution in [0.15, 0.2) is 41.5 Å². The molecule has 24 heavy (non-hydrogen) atoms. The molecular weight excluding hydrogens is 304 g/mol. The lowest BCUT2D eigenvalue weighted by molar-refractivity contribution is -0.124. The molecule has 0 aromatic heterocycles. The van der Waals surface area contributed by atoms with Crippen LogP contribution >= 0.6 is 0 Å². The van der Waals surface area contributed by atoms with E-state index < -0.39 is 5.41 Å². The summed E-state index contributed by atoms with van der Waals surface area (Å²) in [5, 5.41) is 2.90. The number of nitrogens with two attached hydrogens (primary N) is 1. The summed E-state index contributed by atoms with van der Waals surface area (Å²) in [6, 6.07) is 5.75. The molecule has 1 aromatic rings. The van der Waals surface area contributed by atoms with Gasteiger partial charge in [0, 0.05) is 30.2 Å². The fraction of sp³-hybridized carbons (Fsp3) is 0.368. The lowest BCUT2D eigenvalue weighted by Gasteiger charge is -2.39. The first-order valence-corrected chi connectivity index (χ1v) is 8.08. The maximum Gasteiger partial charge on any atom is 0.243 e. The van der Waals surface area contributed by atoms with Crippen molar-refractivity contribution in [1.29, 1.82) is 0 Å². The number of benzene rings is 1. The number of aryl methyl sites for hydroxylation is 1. The minimum absolute atomic E-state index is 0.0468. The molecule has 0 radical (unpaired) electrons. The smallest absolute Gasteiger partial charge is 0.243 e. The minimum atomic E-state index is -1.17. The lowest BCUT2D eigenvalue weighted by Crippen LogP contribution is -2.45. The second-order valence-corrected chi connectivity index (χ2v) is 7.70. The van der Waals surface area contributed by atoms with Gasteiger partial charge in [0.1, 0.15) is 11.2 Å². The molecule has 5 nitrogen and oxygen atoms in total. The van der Waals surface area contributed by atoms with Crippen molar-refractivity contribution in [1.82, 2.24) is 0 Å². The molecule has 3 N–H and O–H groups in total. The highest BCUT2D eigenvalue weighted by Gasteiger charge is 2.56. The van der Waals surface area contributed by atoms with E-state index in [0.717, 1.165) is 16.8 Å². The van der Waals surface area contributed by atoms with Gasteiger partial charge in [-0.05, 0) is 18.4 Å². The number of hydrogen-bond acceptors (Lipinski definition) is 4. The molecule has 1 unspecified atom stereocenters. The highest BCUT2D eigenvalue weighted by atomic mass is 16.5. The van der Waals surface area contributed by atoms with Crippen LogP contribution in [0.4, 0.5) is 5.69 Å². The number of hydrogen-bond donors (Lipinski definition) is 2. The van der Waals surface area contributed by atoms with Crippen LogP contribution in [0, 0.1) is 12.3 Å². The van der Waals surface area contributed by atoms with E-state index in [1.54, 1.807) is 6.08 Å². The molecule has 124 valence electrons. The molecule has 1 spiro atoms. The Balaban J connectivity index is 2.02. The predicted molar refractivity (Wildman–Crippen MR) is 89.9 cm³/mol. The quantitative estimate of drug-likeness (QED) is 0.769. The second-order valence-electron chi connectivity index (χ2n) is 7.70. The molecule has 1 aliphatic carbocycles. The summed E-state index contributed by atoms with van der Waals surface area (Å²) in [4.78, 5) is 25.9. The first-order chi connectivity index (χ1) is 11.2. The van der Waals surface area contributed by atoms with Crippen LogP contribution in [-0.2, 0) is 19.7 Å². The molecular formula is C19H20N2O3. The first-order valence-electron chi connectivity index (χ1n) is 8.08. The average Bonchev–Trinajstić information content (AvgIpc) is 2.69. The van der Waals surface area contributed by atoms with Gasteiger partial charge in [0.25, 0.3) is 0 Å². The zero-order valence-electron chi connectivity index (χ0n) is 14.0. The van der Waals surface area contributed by atoms with Crippen LogP contribution in [0.25, 0.3) is 0 Å². The molecule has 2 heterocycles. The van der Waals surface area contributed by atoms with Gasteiger partial charge in [0.2, 0.25) is 5.91 Å². The number of carbonyl (C=O) groups excluding carboxylic acids is 2. The van der Waals surface area contributed by atoms with E-state index in [1.165, 1.54) is 0 Å². The first kappa shape index (κ1) is 15.0. The van der Waals surface area contributed by atoms with Gasteiger partial charge in [-0.25, -0.2) is 0 Å². The van der Waals surface area contributed by atoms with E-state index in [4.69, 9.17) is 10.5 Å². The normalized spacial score (nSPS) is 27.4. The van der Waals surface area contributed by atoms with Crippen molar-refractivity contribution in [3.63, 3.8) is 0 Å². The fourth-order valence-electron chi connectivity index (χ4n) is 4.08. The third kappa shape index (κ3) is 1.87. The number of Topliss-reactive ketones (excluding diaryl/α,β-unsaturated/α-hetero) is 1. The van der Waals surface area contributed by atoms with Crippen LogP contribution < -0.4 is 11.1 Å². The number of anilines is 1. The molecule has 5 heteroatoms. The van der Waals surface area contributed by atoms with Gasteiger partial charge in [-0.15, -0.1) is 0 Å². The highest BCUT2D eigenvalue weighted by molar-refractivity contribution is 6.17. The Labute approximate surface area is 140 Å². The van der Waals surface area contributed by atoms with E-state index in [1.807, 2.05) is 39.0 Å². The van der Waals surface area contributed by atoms with Crippen LogP contribution in [0.1, 0.15) is 37.8 Å². The number of nitrogens with one attached hydrogen (secondary N) is 1. The Morgan fingerprint density at radius 3 is 2.71 bits per heavy atom. The topological polar surface area (TPSA) is 81.4 Å². The van der Waals surface area contributed by atoms with Crippen molar-refractivity contribution in [2.75, 3.05) is 5.32 Å². The number of rotatable bonds is 0. The van der Waals surface area contributed by atoms with E-state index >= 15 is 0 Å². The third-order valence-corrected chi connectivity index (χ3v) is 5.04. The summed E-state index contributed by atoms with van der Waals surface area (Å²) in [5.41, 5.74) is 7.58. The van der Waals surface area contributed by atoms with Gasteiger partial charge >= 0.3 is 0 Å². The van der Waals surface area contributed by atoms with E-state index in [2.05, 4.69) is 5.32 Å². The summed E-state index contributed by atoms with van der Waals surface area (Å²) in [6.45, 7) is 6.00. The van der Waals surface area contributed by atoms with Crippen molar-refractivity contribution in [3.8, 4) is 0 Å². The number of ketones is 1. The number of ether oxygens (including phenoxy) is 1. The van der Waals surface area contributed by atoms with Crippen LogP contribution in [0.2, 0.25) is 0 Å². The molecule has 1 amide bonds. The average molecular weight is 324 g/mol. The van der Waals surface area contributed by atoms with Gasteiger partial charge in [-0.3, -0.25) is 9.59 Å². The molecule has 2 aliphatic heterocycles. The standard InChI is InChI=1S/C19H20N2O3/c1-10-4-5-12-11(6-10)19(17(23)21-12)9-15(20)24-14-8-18(2,3)7-13(22)16(14)19/h4-6,9H,7-8,20H2,1-3H3,(H,21,23). The molecule has 0 fully saturated rings. The minimum Gasteiger partial charge on any atom is -0.446 e.